The zero-order valence-electron chi connectivity index (χ0n) is 11.1. The summed E-state index contributed by atoms with van der Waals surface area (Å²) in [6.45, 7) is 9.32. The molecule has 1 atom stereocenters. The smallest absolute Gasteiger partial charge is 0.0374 e. The Morgan fingerprint density at radius 2 is 1.50 bits per heavy atom. The standard InChI is InChI=1S/C13H30N3/c1-3-5-7-9-16(10-8-6-4-2)12-13(15)11-14/h11,13H,3-10,12,14-15H2,1-2H3. The van der Waals surface area contributed by atoms with Gasteiger partial charge in [-0.15, -0.1) is 0 Å². The van der Waals surface area contributed by atoms with E-state index >= 15 is 0 Å². The molecular formula is C13H30N3. The van der Waals surface area contributed by atoms with Crippen molar-refractivity contribution in [3.63, 3.8) is 0 Å². The van der Waals surface area contributed by atoms with Crippen LogP contribution in [0.25, 0.3) is 0 Å². The van der Waals surface area contributed by atoms with Crippen molar-refractivity contribution in [2.45, 2.75) is 58.4 Å². The predicted octanol–water partition coefficient (Wildman–Crippen LogP) is 2.12. The molecule has 0 aromatic heterocycles. The summed E-state index contributed by atoms with van der Waals surface area (Å²) < 4.78 is 0. The van der Waals surface area contributed by atoms with Gasteiger partial charge in [0.2, 0.25) is 0 Å². The van der Waals surface area contributed by atoms with Gasteiger partial charge in [-0.2, -0.15) is 0 Å². The van der Waals surface area contributed by atoms with Crippen LogP contribution in [-0.2, 0) is 0 Å². The zero-order chi connectivity index (χ0) is 12.2. The summed E-state index contributed by atoms with van der Waals surface area (Å²) in [4.78, 5) is 2.46. The molecule has 0 rings (SSSR count). The fourth-order valence-corrected chi connectivity index (χ4v) is 1.82. The zero-order valence-corrected chi connectivity index (χ0v) is 11.1. The van der Waals surface area contributed by atoms with Crippen molar-refractivity contribution in [3.8, 4) is 0 Å². The third-order valence-electron chi connectivity index (χ3n) is 2.87. The number of nitrogens with two attached hydrogens (primary N) is 2. The lowest BCUT2D eigenvalue weighted by atomic mass is 10.2. The summed E-state index contributed by atoms with van der Waals surface area (Å²) in [7, 11) is 0. The molecule has 0 bridgehead atoms. The molecule has 0 saturated carbocycles. The number of hydrogen-bond acceptors (Lipinski definition) is 3. The third kappa shape index (κ3) is 9.13. The molecule has 1 unspecified atom stereocenters. The van der Waals surface area contributed by atoms with E-state index in [1.54, 1.807) is 6.54 Å². The van der Waals surface area contributed by atoms with Gasteiger partial charge in [-0.1, -0.05) is 39.5 Å². The lowest BCUT2D eigenvalue weighted by molar-refractivity contribution is 0.253. The SMILES string of the molecule is CCCCCN(CCCCC)CC(N)[CH]N. The average Bonchev–Trinajstić information content (AvgIpc) is 2.29. The van der Waals surface area contributed by atoms with Crippen LogP contribution in [0.4, 0.5) is 0 Å². The van der Waals surface area contributed by atoms with Crippen molar-refractivity contribution >= 4 is 0 Å². The lowest BCUT2D eigenvalue weighted by Crippen LogP contribution is -2.40. The van der Waals surface area contributed by atoms with Gasteiger partial charge in [0.15, 0.2) is 0 Å². The van der Waals surface area contributed by atoms with Crippen LogP contribution in [-0.4, -0.2) is 30.6 Å². The van der Waals surface area contributed by atoms with Gasteiger partial charge in [0.1, 0.15) is 0 Å². The highest BCUT2D eigenvalue weighted by molar-refractivity contribution is 4.77. The van der Waals surface area contributed by atoms with Gasteiger partial charge in [-0.05, 0) is 25.9 Å². The first-order chi connectivity index (χ1) is 7.74. The highest BCUT2D eigenvalue weighted by Crippen LogP contribution is 2.03. The van der Waals surface area contributed by atoms with Crippen LogP contribution < -0.4 is 11.5 Å². The first-order valence-electron chi connectivity index (χ1n) is 6.77. The van der Waals surface area contributed by atoms with Crippen molar-refractivity contribution in [2.24, 2.45) is 11.5 Å². The Balaban J connectivity index is 3.75. The van der Waals surface area contributed by atoms with Gasteiger partial charge in [-0.3, -0.25) is 0 Å². The molecule has 0 amide bonds. The van der Waals surface area contributed by atoms with Gasteiger partial charge < -0.3 is 16.4 Å². The second kappa shape index (κ2) is 11.4. The molecule has 0 aliphatic carbocycles. The molecule has 3 heteroatoms. The van der Waals surface area contributed by atoms with Crippen molar-refractivity contribution < 1.29 is 0 Å². The maximum Gasteiger partial charge on any atom is 0.0374 e. The fraction of sp³-hybridized carbons (Fsp3) is 0.923. The van der Waals surface area contributed by atoms with Gasteiger partial charge in [0, 0.05) is 19.1 Å². The van der Waals surface area contributed by atoms with E-state index in [9.17, 15) is 0 Å². The minimum absolute atomic E-state index is 0.0169. The van der Waals surface area contributed by atoms with Gasteiger partial charge in [0.05, 0.1) is 0 Å². The second-order valence-electron chi connectivity index (χ2n) is 4.57. The topological polar surface area (TPSA) is 55.3 Å². The number of unbranched alkanes of at least 4 members (excludes halogenated alkanes) is 4. The Bertz CT molecular complexity index is 129. The van der Waals surface area contributed by atoms with Crippen molar-refractivity contribution in [3.05, 3.63) is 6.54 Å². The van der Waals surface area contributed by atoms with Crippen molar-refractivity contribution in [1.29, 1.82) is 0 Å². The normalized spacial score (nSPS) is 13.3. The molecule has 4 N–H and O–H groups in total. The summed E-state index contributed by atoms with van der Waals surface area (Å²) in [5.74, 6) is 0. The first-order valence-corrected chi connectivity index (χ1v) is 6.77. The maximum absolute atomic E-state index is 5.86. The third-order valence-corrected chi connectivity index (χ3v) is 2.87. The number of hydrogen-bond donors (Lipinski definition) is 2. The lowest BCUT2D eigenvalue weighted by Gasteiger charge is -2.24. The summed E-state index contributed by atoms with van der Waals surface area (Å²) in [6.07, 6.45) is 7.73. The highest BCUT2D eigenvalue weighted by atomic mass is 15.1. The Morgan fingerprint density at radius 3 is 1.88 bits per heavy atom. The van der Waals surface area contributed by atoms with E-state index in [1.807, 2.05) is 0 Å². The Kier molecular flexibility index (Phi) is 11.3. The Morgan fingerprint density at radius 1 is 1.00 bits per heavy atom. The van der Waals surface area contributed by atoms with E-state index in [0.29, 0.717) is 0 Å². The molecule has 0 aromatic carbocycles. The monoisotopic (exact) mass is 228 g/mol. The van der Waals surface area contributed by atoms with Crippen LogP contribution in [0.2, 0.25) is 0 Å². The van der Waals surface area contributed by atoms with Crippen LogP contribution in [0.15, 0.2) is 0 Å². The quantitative estimate of drug-likeness (QED) is 0.533. The first kappa shape index (κ1) is 15.9. The average molecular weight is 228 g/mol. The number of nitrogens with zero attached hydrogens (tertiary/aromatic N) is 1. The molecule has 16 heavy (non-hydrogen) atoms. The molecule has 3 nitrogen and oxygen atoms in total. The van der Waals surface area contributed by atoms with Gasteiger partial charge in [0.25, 0.3) is 0 Å². The van der Waals surface area contributed by atoms with E-state index in [4.69, 9.17) is 11.5 Å². The van der Waals surface area contributed by atoms with E-state index in [0.717, 1.165) is 6.54 Å². The van der Waals surface area contributed by atoms with E-state index in [2.05, 4.69) is 18.7 Å². The second-order valence-corrected chi connectivity index (χ2v) is 4.57. The molecule has 0 spiro atoms. The van der Waals surface area contributed by atoms with Crippen LogP contribution in [0.3, 0.4) is 0 Å². The molecule has 0 aliphatic rings. The van der Waals surface area contributed by atoms with Crippen molar-refractivity contribution in [1.82, 2.24) is 4.90 Å². The van der Waals surface area contributed by atoms with Gasteiger partial charge >= 0.3 is 0 Å². The van der Waals surface area contributed by atoms with Crippen LogP contribution in [0, 0.1) is 6.54 Å². The molecule has 0 heterocycles. The molecule has 1 radical (unpaired) electrons. The summed E-state index contributed by atoms with van der Waals surface area (Å²) in [5.41, 5.74) is 11.3. The summed E-state index contributed by atoms with van der Waals surface area (Å²) >= 11 is 0. The maximum atomic E-state index is 5.86. The van der Waals surface area contributed by atoms with Crippen LogP contribution in [0.1, 0.15) is 52.4 Å². The molecule has 0 saturated heterocycles. The van der Waals surface area contributed by atoms with E-state index < -0.39 is 0 Å². The van der Waals surface area contributed by atoms with Gasteiger partial charge in [-0.25, -0.2) is 0 Å². The Labute approximate surface area is 102 Å². The summed E-state index contributed by atoms with van der Waals surface area (Å²) in [5, 5.41) is 0. The predicted molar refractivity (Wildman–Crippen MR) is 72.0 cm³/mol. The van der Waals surface area contributed by atoms with Crippen LogP contribution in [0.5, 0.6) is 0 Å². The largest absolute Gasteiger partial charge is 0.325 e. The minimum Gasteiger partial charge on any atom is -0.325 e. The van der Waals surface area contributed by atoms with Crippen LogP contribution >= 0.6 is 0 Å². The highest BCUT2D eigenvalue weighted by Gasteiger charge is 2.08. The van der Waals surface area contributed by atoms with Crippen molar-refractivity contribution in [2.75, 3.05) is 19.6 Å². The molecule has 0 aromatic rings. The Hall–Kier alpha value is -0.120. The summed E-state index contributed by atoms with van der Waals surface area (Å²) in [6, 6.07) is 0.0169. The molecule has 0 fully saturated rings. The fourth-order valence-electron chi connectivity index (χ4n) is 1.82. The van der Waals surface area contributed by atoms with E-state index in [-0.39, 0.29) is 6.04 Å². The molecular weight excluding hydrogens is 198 g/mol. The molecule has 0 aliphatic heterocycles. The number of rotatable bonds is 11. The van der Waals surface area contributed by atoms with E-state index in [1.165, 1.54) is 51.6 Å². The molecule has 97 valence electrons. The minimum atomic E-state index is 0.0169.